The molecule has 0 heterocycles. The van der Waals surface area contributed by atoms with E-state index in [2.05, 4.69) is 13.0 Å². The van der Waals surface area contributed by atoms with E-state index in [1.807, 2.05) is 31.2 Å². The molecule has 1 N–H and O–H groups in total. The van der Waals surface area contributed by atoms with Gasteiger partial charge in [-0.2, -0.15) is 0 Å². The van der Waals surface area contributed by atoms with Gasteiger partial charge in [-0.1, -0.05) is 42.8 Å². The first-order valence-corrected chi connectivity index (χ1v) is 5.99. The second-order valence-corrected chi connectivity index (χ2v) is 4.47. The molecule has 0 aliphatic carbocycles. The van der Waals surface area contributed by atoms with Crippen LogP contribution in [0.4, 0.5) is 0 Å². The van der Waals surface area contributed by atoms with Gasteiger partial charge in [0.05, 0.1) is 6.61 Å². The summed E-state index contributed by atoms with van der Waals surface area (Å²) < 4.78 is 0. The van der Waals surface area contributed by atoms with Gasteiger partial charge in [0, 0.05) is 5.56 Å². The monoisotopic (exact) mass is 232 g/mol. The molecule has 17 heavy (non-hydrogen) atoms. The highest BCUT2D eigenvalue weighted by molar-refractivity contribution is 5.74. The fraction of sp³-hybridized carbons (Fsp3) is 0.400. The van der Waals surface area contributed by atoms with Crippen molar-refractivity contribution in [2.45, 2.75) is 32.6 Å². The van der Waals surface area contributed by atoms with Gasteiger partial charge in [0.15, 0.2) is 0 Å². The number of carbonyl (C=O) groups is 1. The fourth-order valence-corrected chi connectivity index (χ4v) is 1.71. The van der Waals surface area contributed by atoms with Gasteiger partial charge < -0.3 is 5.11 Å². The van der Waals surface area contributed by atoms with Crippen molar-refractivity contribution in [2.75, 3.05) is 6.61 Å². The lowest BCUT2D eigenvalue weighted by Crippen LogP contribution is -1.94. The van der Waals surface area contributed by atoms with Crippen LogP contribution in [0.5, 0.6) is 0 Å². The molecule has 0 amide bonds. The lowest BCUT2D eigenvalue weighted by Gasteiger charge is -2.10. The summed E-state index contributed by atoms with van der Waals surface area (Å²) >= 11 is 0. The minimum Gasteiger partial charge on any atom is -0.392 e. The van der Waals surface area contributed by atoms with Crippen molar-refractivity contribution < 1.29 is 9.90 Å². The highest BCUT2D eigenvalue weighted by Crippen LogP contribution is 2.21. The van der Waals surface area contributed by atoms with E-state index in [-0.39, 0.29) is 6.61 Å². The van der Waals surface area contributed by atoms with Gasteiger partial charge >= 0.3 is 0 Å². The van der Waals surface area contributed by atoms with Crippen molar-refractivity contribution in [3.63, 3.8) is 0 Å². The minimum absolute atomic E-state index is 0.141. The lowest BCUT2D eigenvalue weighted by molar-refractivity contribution is 0.112. The predicted octanol–water partition coefficient (Wildman–Crippen LogP) is 3.32. The van der Waals surface area contributed by atoms with E-state index >= 15 is 0 Å². The second kappa shape index (κ2) is 7.02. The average molecular weight is 232 g/mol. The van der Waals surface area contributed by atoms with E-state index in [1.54, 1.807) is 0 Å². The van der Waals surface area contributed by atoms with Gasteiger partial charge in [-0.05, 0) is 31.2 Å². The highest BCUT2D eigenvalue weighted by Gasteiger charge is 2.04. The van der Waals surface area contributed by atoms with Crippen LogP contribution in [0.3, 0.4) is 0 Å². The van der Waals surface area contributed by atoms with Gasteiger partial charge in [-0.3, -0.25) is 4.79 Å². The maximum atomic E-state index is 10.5. The number of aliphatic hydroxyl groups excluding tert-OH is 1. The van der Waals surface area contributed by atoms with Crippen molar-refractivity contribution in [2.24, 2.45) is 0 Å². The summed E-state index contributed by atoms with van der Waals surface area (Å²) in [6.45, 7) is 4.25. The second-order valence-electron chi connectivity index (χ2n) is 4.47. The quantitative estimate of drug-likeness (QED) is 0.603. The molecular formula is C15H20O2. The van der Waals surface area contributed by atoms with E-state index in [0.29, 0.717) is 5.92 Å². The summed E-state index contributed by atoms with van der Waals surface area (Å²) in [6, 6.07) is 7.73. The topological polar surface area (TPSA) is 37.3 Å². The van der Waals surface area contributed by atoms with E-state index < -0.39 is 0 Å². The Balaban J connectivity index is 2.51. The number of aldehydes is 1. The van der Waals surface area contributed by atoms with Gasteiger partial charge in [0.2, 0.25) is 0 Å². The summed E-state index contributed by atoms with van der Waals surface area (Å²) in [6.07, 6.45) is 4.97. The third kappa shape index (κ3) is 4.53. The summed E-state index contributed by atoms with van der Waals surface area (Å²) in [5, 5.41) is 8.87. The first kappa shape index (κ1) is 13.7. The first-order valence-electron chi connectivity index (χ1n) is 5.99. The maximum absolute atomic E-state index is 10.5. The maximum Gasteiger partial charge on any atom is 0.150 e. The first-order chi connectivity index (χ1) is 8.17. The molecular weight excluding hydrogens is 212 g/mol. The number of hydrogen-bond acceptors (Lipinski definition) is 2. The largest absolute Gasteiger partial charge is 0.392 e. The molecule has 1 aromatic carbocycles. The number of hydrogen-bond donors (Lipinski definition) is 1. The zero-order valence-corrected chi connectivity index (χ0v) is 10.5. The molecule has 0 spiro atoms. The highest BCUT2D eigenvalue weighted by atomic mass is 16.3. The van der Waals surface area contributed by atoms with Crippen LogP contribution in [0.25, 0.3) is 0 Å². The molecule has 2 heteroatoms. The van der Waals surface area contributed by atoms with Crippen LogP contribution in [0.15, 0.2) is 35.9 Å². The summed E-state index contributed by atoms with van der Waals surface area (Å²) in [7, 11) is 0. The Morgan fingerprint density at radius 2 is 2.00 bits per heavy atom. The Morgan fingerprint density at radius 1 is 1.35 bits per heavy atom. The van der Waals surface area contributed by atoms with E-state index in [4.69, 9.17) is 5.11 Å². The smallest absolute Gasteiger partial charge is 0.150 e. The molecule has 0 aromatic heterocycles. The van der Waals surface area contributed by atoms with Crippen LogP contribution in [0.2, 0.25) is 0 Å². The third-order valence-electron chi connectivity index (χ3n) is 2.98. The Labute approximate surface area is 103 Å². The molecule has 1 aromatic rings. The number of rotatable bonds is 6. The lowest BCUT2D eigenvalue weighted by atomic mass is 9.95. The molecule has 0 radical (unpaired) electrons. The van der Waals surface area contributed by atoms with Crippen molar-refractivity contribution >= 4 is 6.29 Å². The number of allylic oxidation sites excluding steroid dienone is 1. The van der Waals surface area contributed by atoms with Gasteiger partial charge in [-0.15, -0.1) is 0 Å². The Bertz CT molecular complexity index is 376. The molecule has 0 aliphatic heterocycles. The molecule has 0 saturated heterocycles. The molecule has 1 atom stereocenters. The summed E-state index contributed by atoms with van der Waals surface area (Å²) in [4.78, 5) is 10.5. The summed E-state index contributed by atoms with van der Waals surface area (Å²) in [5.74, 6) is 0.471. The van der Waals surface area contributed by atoms with Crippen LogP contribution >= 0.6 is 0 Å². The van der Waals surface area contributed by atoms with Gasteiger partial charge in [-0.25, -0.2) is 0 Å². The van der Waals surface area contributed by atoms with Crippen LogP contribution in [-0.2, 0) is 0 Å². The third-order valence-corrected chi connectivity index (χ3v) is 2.98. The van der Waals surface area contributed by atoms with E-state index in [1.165, 1.54) is 5.56 Å². The van der Waals surface area contributed by atoms with Crippen molar-refractivity contribution in [3.8, 4) is 0 Å². The fourth-order valence-electron chi connectivity index (χ4n) is 1.71. The van der Waals surface area contributed by atoms with Crippen LogP contribution in [-0.4, -0.2) is 18.0 Å². The normalized spacial score (nSPS) is 13.5. The predicted molar refractivity (Wildman–Crippen MR) is 70.3 cm³/mol. The van der Waals surface area contributed by atoms with Crippen molar-refractivity contribution in [3.05, 3.63) is 47.0 Å². The zero-order valence-electron chi connectivity index (χ0n) is 10.5. The molecule has 1 rings (SSSR count). The van der Waals surface area contributed by atoms with Crippen LogP contribution < -0.4 is 0 Å². The van der Waals surface area contributed by atoms with Crippen LogP contribution in [0.1, 0.15) is 48.5 Å². The van der Waals surface area contributed by atoms with Crippen molar-refractivity contribution in [1.29, 1.82) is 0 Å². The molecule has 0 unspecified atom stereocenters. The van der Waals surface area contributed by atoms with Crippen LogP contribution in [0, 0.1) is 0 Å². The van der Waals surface area contributed by atoms with E-state index in [0.717, 1.165) is 30.3 Å². The molecule has 0 fully saturated rings. The Hall–Kier alpha value is -1.41. The summed E-state index contributed by atoms with van der Waals surface area (Å²) in [5.41, 5.74) is 3.00. The molecule has 0 aliphatic rings. The number of aliphatic hydroxyl groups is 1. The Kier molecular flexibility index (Phi) is 5.64. The number of benzene rings is 1. The minimum atomic E-state index is 0.141. The SMILES string of the molecule is C/C(=C\CC[C@@H](C)c1ccc(C=O)cc1)CO. The van der Waals surface area contributed by atoms with E-state index in [9.17, 15) is 4.79 Å². The molecule has 92 valence electrons. The van der Waals surface area contributed by atoms with Gasteiger partial charge in [0.25, 0.3) is 0 Å². The van der Waals surface area contributed by atoms with Crippen molar-refractivity contribution in [1.82, 2.24) is 0 Å². The van der Waals surface area contributed by atoms with Gasteiger partial charge in [0.1, 0.15) is 6.29 Å². The molecule has 2 nitrogen and oxygen atoms in total. The standard InChI is InChI=1S/C15H20O2/c1-12(10-16)4-3-5-13(2)15-8-6-14(11-17)7-9-15/h4,6-9,11,13,16H,3,5,10H2,1-2H3/b12-4+/t13-/m1/s1. The number of carbonyl (C=O) groups excluding carboxylic acids is 1. The zero-order chi connectivity index (χ0) is 12.7. The molecule has 0 saturated carbocycles. The Morgan fingerprint density at radius 3 is 2.53 bits per heavy atom. The molecule has 0 bridgehead atoms. The average Bonchev–Trinajstić information content (AvgIpc) is 2.38.